The zero-order chi connectivity index (χ0) is 13.7. The predicted molar refractivity (Wildman–Crippen MR) is 91.1 cm³/mol. The first kappa shape index (κ1) is 14.9. The molecule has 0 saturated carbocycles. The van der Waals surface area contributed by atoms with Crippen molar-refractivity contribution in [3.05, 3.63) is 44.5 Å². The number of H-pyrrole nitrogens is 2. The summed E-state index contributed by atoms with van der Waals surface area (Å²) in [6.07, 6.45) is 2.87. The zero-order valence-electron chi connectivity index (χ0n) is 10.5. The number of thioether (sulfide) groups is 1. The fourth-order valence-electron chi connectivity index (χ4n) is 1.55. The van der Waals surface area contributed by atoms with E-state index in [1.54, 1.807) is 11.8 Å². The van der Waals surface area contributed by atoms with Crippen molar-refractivity contribution < 1.29 is 4.74 Å². The fraction of sp³-hybridized carbons (Fsp3) is 0.308. The fourth-order valence-corrected chi connectivity index (χ4v) is 3.18. The third-order valence-corrected chi connectivity index (χ3v) is 4.89. The van der Waals surface area contributed by atoms with Crippen LogP contribution in [0, 0.1) is 8.34 Å². The van der Waals surface area contributed by atoms with E-state index in [4.69, 9.17) is 17.0 Å². The average Bonchev–Trinajstić information content (AvgIpc) is 2.82. The molecule has 1 atom stereocenters. The molecular formula is C13H15IN2OS2. The van der Waals surface area contributed by atoms with Crippen LogP contribution in [0.15, 0.2) is 30.5 Å². The van der Waals surface area contributed by atoms with Crippen molar-refractivity contribution in [3.8, 4) is 5.75 Å². The summed E-state index contributed by atoms with van der Waals surface area (Å²) < 4.78 is 7.84. The summed E-state index contributed by atoms with van der Waals surface area (Å²) in [5.74, 6) is 1.80. The number of rotatable bonds is 6. The lowest BCUT2D eigenvalue weighted by atomic mass is 10.3. The Morgan fingerprint density at radius 3 is 2.84 bits per heavy atom. The highest BCUT2D eigenvalue weighted by Gasteiger charge is 2.11. The van der Waals surface area contributed by atoms with Crippen LogP contribution in [0.25, 0.3) is 0 Å². The highest BCUT2D eigenvalue weighted by atomic mass is 127. The predicted octanol–water partition coefficient (Wildman–Crippen LogP) is 4.73. The van der Waals surface area contributed by atoms with E-state index in [1.807, 2.05) is 24.4 Å². The molecule has 19 heavy (non-hydrogen) atoms. The Bertz CT molecular complexity index is 582. The third kappa shape index (κ3) is 4.54. The van der Waals surface area contributed by atoms with E-state index in [9.17, 15) is 0 Å². The van der Waals surface area contributed by atoms with Crippen molar-refractivity contribution in [2.75, 3.05) is 0 Å². The normalized spacial score (nSPS) is 12.3. The number of benzene rings is 1. The summed E-state index contributed by atoms with van der Waals surface area (Å²) in [4.78, 5) is 6.09. The second-order valence-electron chi connectivity index (χ2n) is 3.97. The van der Waals surface area contributed by atoms with Gasteiger partial charge >= 0.3 is 0 Å². The van der Waals surface area contributed by atoms with Crippen molar-refractivity contribution >= 4 is 46.6 Å². The maximum atomic E-state index is 6.03. The van der Waals surface area contributed by atoms with E-state index < -0.39 is 0 Å². The van der Waals surface area contributed by atoms with Crippen LogP contribution in [0.5, 0.6) is 5.75 Å². The Balaban J connectivity index is 1.93. The largest absolute Gasteiger partial charge is 0.479 e. The van der Waals surface area contributed by atoms with Gasteiger partial charge in [0.1, 0.15) is 11.2 Å². The van der Waals surface area contributed by atoms with Crippen LogP contribution < -0.4 is 4.74 Å². The summed E-state index contributed by atoms with van der Waals surface area (Å²) in [6.45, 7) is 2.13. The number of para-hydroxylation sites is 1. The molecule has 0 saturated heterocycles. The highest BCUT2D eigenvalue weighted by Crippen LogP contribution is 2.27. The van der Waals surface area contributed by atoms with E-state index in [-0.39, 0.29) is 5.44 Å². The molecule has 0 radical (unpaired) electrons. The number of ether oxygens (including phenoxy) is 1. The summed E-state index contributed by atoms with van der Waals surface area (Å²) in [6, 6.07) is 8.08. The smallest absolute Gasteiger partial charge is 0.174 e. The Kier molecular flexibility index (Phi) is 5.77. The molecule has 0 amide bonds. The summed E-state index contributed by atoms with van der Waals surface area (Å²) in [7, 11) is 0. The van der Waals surface area contributed by atoms with Crippen LogP contribution in [0.2, 0.25) is 0 Å². The lowest BCUT2D eigenvalue weighted by Crippen LogP contribution is -2.11. The summed E-state index contributed by atoms with van der Waals surface area (Å²) in [5.41, 5.74) is 1.24. The maximum absolute atomic E-state index is 6.03. The van der Waals surface area contributed by atoms with Gasteiger partial charge < -0.3 is 14.7 Å². The van der Waals surface area contributed by atoms with E-state index in [1.165, 1.54) is 0 Å². The monoisotopic (exact) mass is 406 g/mol. The van der Waals surface area contributed by atoms with Gasteiger partial charge in [0.15, 0.2) is 4.77 Å². The number of hydrogen-bond acceptors (Lipinski definition) is 3. The molecule has 0 spiro atoms. The lowest BCUT2D eigenvalue weighted by Gasteiger charge is -2.17. The van der Waals surface area contributed by atoms with Gasteiger partial charge in [-0.3, -0.25) is 0 Å². The number of hydrogen-bond donors (Lipinski definition) is 2. The van der Waals surface area contributed by atoms with Gasteiger partial charge in [-0.15, -0.1) is 11.8 Å². The first-order valence-corrected chi connectivity index (χ1v) is 8.52. The number of halogens is 1. The number of aromatic amines is 2. The van der Waals surface area contributed by atoms with Gasteiger partial charge in [-0.1, -0.05) is 19.1 Å². The average molecular weight is 406 g/mol. The molecule has 6 heteroatoms. The molecule has 102 valence electrons. The number of imidazole rings is 1. The summed E-state index contributed by atoms with van der Waals surface area (Å²) >= 11 is 9.07. The zero-order valence-corrected chi connectivity index (χ0v) is 14.3. The topological polar surface area (TPSA) is 40.8 Å². The molecule has 1 unspecified atom stereocenters. The van der Waals surface area contributed by atoms with Crippen molar-refractivity contribution in [1.82, 2.24) is 9.97 Å². The number of aromatic nitrogens is 2. The Morgan fingerprint density at radius 2 is 2.21 bits per heavy atom. The van der Waals surface area contributed by atoms with E-state index in [2.05, 4.69) is 45.5 Å². The molecule has 1 aromatic heterocycles. The first-order chi connectivity index (χ1) is 9.19. The van der Waals surface area contributed by atoms with Crippen molar-refractivity contribution in [2.45, 2.75) is 24.5 Å². The van der Waals surface area contributed by atoms with Gasteiger partial charge in [-0.25, -0.2) is 0 Å². The first-order valence-electron chi connectivity index (χ1n) is 5.98. The van der Waals surface area contributed by atoms with Crippen LogP contribution in [0.3, 0.4) is 0 Å². The Labute approximate surface area is 135 Å². The second kappa shape index (κ2) is 7.35. The molecule has 2 rings (SSSR count). The standard InChI is InChI=1S/C13H15IN2OS2/c1-2-12(17-11-6-4-3-5-10(11)14)19-8-9-7-15-13(18)16-9/h3-7,12H,2,8H2,1H3,(H2,15,16,18). The lowest BCUT2D eigenvalue weighted by molar-refractivity contribution is 0.281. The maximum Gasteiger partial charge on any atom is 0.174 e. The quantitative estimate of drug-likeness (QED) is 0.414. The molecule has 2 N–H and O–H groups in total. The Hall–Kier alpha value is -0.470. The van der Waals surface area contributed by atoms with Crippen molar-refractivity contribution in [1.29, 1.82) is 0 Å². The minimum absolute atomic E-state index is 0.146. The molecule has 0 aliphatic rings. The molecule has 1 aromatic carbocycles. The van der Waals surface area contributed by atoms with E-state index in [0.29, 0.717) is 4.77 Å². The Morgan fingerprint density at radius 1 is 1.42 bits per heavy atom. The van der Waals surface area contributed by atoms with Gasteiger partial charge in [0.25, 0.3) is 0 Å². The van der Waals surface area contributed by atoms with Crippen LogP contribution in [-0.4, -0.2) is 15.4 Å². The minimum Gasteiger partial charge on any atom is -0.479 e. The van der Waals surface area contributed by atoms with E-state index in [0.717, 1.165) is 27.2 Å². The molecule has 0 aliphatic carbocycles. The minimum atomic E-state index is 0.146. The molecule has 1 heterocycles. The molecule has 0 fully saturated rings. The molecular weight excluding hydrogens is 391 g/mol. The second-order valence-corrected chi connectivity index (χ2v) is 6.68. The van der Waals surface area contributed by atoms with Crippen molar-refractivity contribution in [2.24, 2.45) is 0 Å². The van der Waals surface area contributed by atoms with E-state index >= 15 is 0 Å². The van der Waals surface area contributed by atoms with Gasteiger partial charge in [0, 0.05) is 17.6 Å². The van der Waals surface area contributed by atoms with Crippen LogP contribution in [0.1, 0.15) is 19.0 Å². The third-order valence-electron chi connectivity index (χ3n) is 2.50. The van der Waals surface area contributed by atoms with Gasteiger partial charge in [-0.05, 0) is 53.4 Å². The van der Waals surface area contributed by atoms with Gasteiger partial charge in [0.2, 0.25) is 0 Å². The van der Waals surface area contributed by atoms with Crippen LogP contribution in [-0.2, 0) is 5.75 Å². The number of nitrogens with one attached hydrogen (secondary N) is 2. The summed E-state index contributed by atoms with van der Waals surface area (Å²) in [5, 5.41) is 0. The van der Waals surface area contributed by atoms with Gasteiger partial charge in [0.05, 0.1) is 3.57 Å². The van der Waals surface area contributed by atoms with Crippen LogP contribution >= 0.6 is 46.6 Å². The molecule has 2 aromatic rings. The molecule has 0 bridgehead atoms. The van der Waals surface area contributed by atoms with Crippen LogP contribution in [0.4, 0.5) is 0 Å². The molecule has 3 nitrogen and oxygen atoms in total. The molecule has 0 aliphatic heterocycles. The van der Waals surface area contributed by atoms with Gasteiger partial charge in [-0.2, -0.15) is 0 Å². The SMILES string of the molecule is CCC(Oc1ccccc1I)SCc1c[nH]c(=S)[nH]1. The van der Waals surface area contributed by atoms with Crippen molar-refractivity contribution in [3.63, 3.8) is 0 Å². The highest BCUT2D eigenvalue weighted by molar-refractivity contribution is 14.1.